The summed E-state index contributed by atoms with van der Waals surface area (Å²) >= 11 is 0. The van der Waals surface area contributed by atoms with Crippen molar-refractivity contribution in [3.05, 3.63) is 0 Å². The number of hydrogen-bond donors (Lipinski definition) is 1. The SMILES string of the molecule is CCCCN(C(C)CC)C(C)CNC(C)(C)C. The van der Waals surface area contributed by atoms with E-state index in [2.05, 4.69) is 58.7 Å². The van der Waals surface area contributed by atoms with Crippen molar-refractivity contribution in [2.24, 2.45) is 0 Å². The van der Waals surface area contributed by atoms with E-state index in [0.29, 0.717) is 12.1 Å². The highest BCUT2D eigenvalue weighted by Gasteiger charge is 2.20. The Hall–Kier alpha value is -0.0800. The predicted molar refractivity (Wildman–Crippen MR) is 78.6 cm³/mol. The molecule has 0 aliphatic heterocycles. The molecule has 2 nitrogen and oxygen atoms in total. The van der Waals surface area contributed by atoms with Gasteiger partial charge in [-0.3, -0.25) is 4.90 Å². The second kappa shape index (κ2) is 8.10. The molecule has 0 bridgehead atoms. The monoisotopic (exact) mass is 242 g/mol. The van der Waals surface area contributed by atoms with Crippen LogP contribution in [-0.2, 0) is 0 Å². The molecule has 0 aliphatic carbocycles. The molecule has 1 N–H and O–H groups in total. The maximum atomic E-state index is 3.62. The van der Waals surface area contributed by atoms with Gasteiger partial charge in [0.1, 0.15) is 0 Å². The molecule has 0 aromatic rings. The van der Waals surface area contributed by atoms with Crippen molar-refractivity contribution in [3.63, 3.8) is 0 Å². The Morgan fingerprint density at radius 1 is 1.06 bits per heavy atom. The third-order valence-corrected chi connectivity index (χ3v) is 3.42. The van der Waals surface area contributed by atoms with Crippen molar-refractivity contribution in [2.75, 3.05) is 13.1 Å². The normalized spacial score (nSPS) is 16.2. The Balaban J connectivity index is 4.26. The molecular weight excluding hydrogens is 208 g/mol. The van der Waals surface area contributed by atoms with Crippen molar-refractivity contribution in [3.8, 4) is 0 Å². The first-order chi connectivity index (χ1) is 7.81. The minimum Gasteiger partial charge on any atom is -0.311 e. The molecule has 2 unspecified atom stereocenters. The fourth-order valence-electron chi connectivity index (χ4n) is 2.02. The van der Waals surface area contributed by atoms with Crippen LogP contribution in [0.1, 0.15) is 67.7 Å². The van der Waals surface area contributed by atoms with Crippen LogP contribution in [0.3, 0.4) is 0 Å². The molecule has 0 rings (SSSR count). The molecule has 0 saturated carbocycles. The Morgan fingerprint density at radius 3 is 2.06 bits per heavy atom. The largest absolute Gasteiger partial charge is 0.311 e. The maximum Gasteiger partial charge on any atom is 0.0195 e. The molecule has 0 fully saturated rings. The first-order valence-corrected chi connectivity index (χ1v) is 7.32. The first kappa shape index (κ1) is 16.9. The topological polar surface area (TPSA) is 15.3 Å². The fourth-order valence-corrected chi connectivity index (χ4v) is 2.02. The zero-order valence-electron chi connectivity index (χ0n) is 13.1. The molecule has 2 heteroatoms. The lowest BCUT2D eigenvalue weighted by molar-refractivity contribution is 0.139. The summed E-state index contributed by atoms with van der Waals surface area (Å²) in [5, 5.41) is 3.62. The van der Waals surface area contributed by atoms with E-state index in [9.17, 15) is 0 Å². The van der Waals surface area contributed by atoms with Gasteiger partial charge in [0.05, 0.1) is 0 Å². The van der Waals surface area contributed by atoms with Crippen molar-refractivity contribution in [1.29, 1.82) is 0 Å². The van der Waals surface area contributed by atoms with Crippen LogP contribution in [0.15, 0.2) is 0 Å². The quantitative estimate of drug-likeness (QED) is 0.699. The first-order valence-electron chi connectivity index (χ1n) is 7.32. The van der Waals surface area contributed by atoms with Crippen LogP contribution in [0.2, 0.25) is 0 Å². The van der Waals surface area contributed by atoms with Gasteiger partial charge in [0.15, 0.2) is 0 Å². The van der Waals surface area contributed by atoms with Gasteiger partial charge in [0.2, 0.25) is 0 Å². The lowest BCUT2D eigenvalue weighted by Gasteiger charge is -2.36. The molecule has 0 radical (unpaired) electrons. The van der Waals surface area contributed by atoms with Crippen molar-refractivity contribution < 1.29 is 0 Å². The summed E-state index contributed by atoms with van der Waals surface area (Å²) in [5.74, 6) is 0. The molecule has 17 heavy (non-hydrogen) atoms. The zero-order valence-corrected chi connectivity index (χ0v) is 13.1. The van der Waals surface area contributed by atoms with Crippen LogP contribution in [0.5, 0.6) is 0 Å². The fraction of sp³-hybridized carbons (Fsp3) is 1.00. The van der Waals surface area contributed by atoms with Crippen LogP contribution < -0.4 is 5.32 Å². The Labute approximate surface area is 109 Å². The van der Waals surface area contributed by atoms with E-state index in [0.717, 1.165) is 6.54 Å². The molecule has 0 saturated heterocycles. The second-order valence-corrected chi connectivity index (χ2v) is 6.33. The molecule has 0 aromatic heterocycles. The minimum absolute atomic E-state index is 0.222. The van der Waals surface area contributed by atoms with Gasteiger partial charge in [-0.1, -0.05) is 20.3 Å². The van der Waals surface area contributed by atoms with Crippen LogP contribution in [-0.4, -0.2) is 35.6 Å². The highest BCUT2D eigenvalue weighted by atomic mass is 15.2. The number of nitrogens with zero attached hydrogens (tertiary/aromatic N) is 1. The molecule has 0 amide bonds. The molecule has 2 atom stereocenters. The highest BCUT2D eigenvalue weighted by Crippen LogP contribution is 2.11. The van der Waals surface area contributed by atoms with Crippen LogP contribution in [0.4, 0.5) is 0 Å². The van der Waals surface area contributed by atoms with Crippen molar-refractivity contribution >= 4 is 0 Å². The standard InChI is InChI=1S/C15H34N2/c1-8-10-11-17(13(3)9-2)14(4)12-16-15(5,6)7/h13-14,16H,8-12H2,1-7H3. The summed E-state index contributed by atoms with van der Waals surface area (Å²) in [6, 6.07) is 1.31. The summed E-state index contributed by atoms with van der Waals surface area (Å²) < 4.78 is 0. The average Bonchev–Trinajstić information content (AvgIpc) is 2.25. The zero-order chi connectivity index (χ0) is 13.5. The molecule has 0 spiro atoms. The van der Waals surface area contributed by atoms with E-state index in [1.807, 2.05) is 0 Å². The molecule has 0 aromatic carbocycles. The number of nitrogens with one attached hydrogen (secondary N) is 1. The van der Waals surface area contributed by atoms with Crippen molar-refractivity contribution in [1.82, 2.24) is 10.2 Å². The third-order valence-electron chi connectivity index (χ3n) is 3.42. The molecule has 104 valence electrons. The second-order valence-electron chi connectivity index (χ2n) is 6.33. The Bertz CT molecular complexity index is 184. The van der Waals surface area contributed by atoms with Gasteiger partial charge in [0, 0.05) is 24.2 Å². The van der Waals surface area contributed by atoms with Crippen LogP contribution >= 0.6 is 0 Å². The van der Waals surface area contributed by atoms with E-state index in [1.54, 1.807) is 0 Å². The van der Waals surface area contributed by atoms with Crippen LogP contribution in [0.25, 0.3) is 0 Å². The van der Waals surface area contributed by atoms with Gasteiger partial charge in [-0.15, -0.1) is 0 Å². The molecule has 0 aliphatic rings. The van der Waals surface area contributed by atoms with Gasteiger partial charge < -0.3 is 5.32 Å². The van der Waals surface area contributed by atoms with E-state index in [-0.39, 0.29) is 5.54 Å². The van der Waals surface area contributed by atoms with E-state index >= 15 is 0 Å². The average molecular weight is 242 g/mol. The molecular formula is C15H34N2. The minimum atomic E-state index is 0.222. The summed E-state index contributed by atoms with van der Waals surface area (Å²) in [5.41, 5.74) is 0.222. The summed E-state index contributed by atoms with van der Waals surface area (Å²) in [4.78, 5) is 2.66. The lowest BCUT2D eigenvalue weighted by Crippen LogP contribution is -2.49. The van der Waals surface area contributed by atoms with Crippen LogP contribution in [0, 0.1) is 0 Å². The summed E-state index contributed by atoms with van der Waals surface area (Å²) in [6.45, 7) is 18.3. The Morgan fingerprint density at radius 2 is 1.65 bits per heavy atom. The lowest BCUT2D eigenvalue weighted by atomic mass is 10.1. The van der Waals surface area contributed by atoms with Gasteiger partial charge in [-0.2, -0.15) is 0 Å². The third kappa shape index (κ3) is 7.77. The number of rotatable bonds is 8. The molecule has 0 heterocycles. The highest BCUT2D eigenvalue weighted by molar-refractivity contribution is 4.78. The van der Waals surface area contributed by atoms with Crippen molar-refractivity contribution in [2.45, 2.75) is 85.4 Å². The maximum absolute atomic E-state index is 3.62. The van der Waals surface area contributed by atoms with E-state index < -0.39 is 0 Å². The van der Waals surface area contributed by atoms with E-state index in [4.69, 9.17) is 0 Å². The predicted octanol–water partition coefficient (Wildman–Crippen LogP) is 3.66. The van der Waals surface area contributed by atoms with Gasteiger partial charge in [0.25, 0.3) is 0 Å². The smallest absolute Gasteiger partial charge is 0.0195 e. The van der Waals surface area contributed by atoms with Gasteiger partial charge in [-0.05, 0) is 54.0 Å². The van der Waals surface area contributed by atoms with Gasteiger partial charge in [-0.25, -0.2) is 0 Å². The van der Waals surface area contributed by atoms with E-state index in [1.165, 1.54) is 25.8 Å². The Kier molecular flexibility index (Phi) is 8.06. The number of unbranched alkanes of at least 4 members (excludes halogenated alkanes) is 1. The summed E-state index contributed by atoms with van der Waals surface area (Å²) in [7, 11) is 0. The summed E-state index contributed by atoms with van der Waals surface area (Å²) in [6.07, 6.45) is 3.83. The number of hydrogen-bond acceptors (Lipinski definition) is 2. The van der Waals surface area contributed by atoms with Gasteiger partial charge >= 0.3 is 0 Å².